The molecule has 2 aromatic carbocycles. The van der Waals surface area contributed by atoms with Gasteiger partial charge < -0.3 is 19.3 Å². The summed E-state index contributed by atoms with van der Waals surface area (Å²) in [4.78, 5) is 29.0. The van der Waals surface area contributed by atoms with Crippen LogP contribution in [0.25, 0.3) is 0 Å². The minimum absolute atomic E-state index is 0.0592. The number of carbonyl (C=O) groups excluding carboxylic acids is 2. The van der Waals surface area contributed by atoms with Gasteiger partial charge in [-0.25, -0.2) is 4.39 Å². The molecule has 0 bridgehead atoms. The van der Waals surface area contributed by atoms with Crippen LogP contribution >= 0.6 is 0 Å². The van der Waals surface area contributed by atoms with Crippen molar-refractivity contribution < 1.29 is 23.5 Å². The highest BCUT2D eigenvalue weighted by molar-refractivity contribution is 5.95. The molecule has 0 unspecified atom stereocenters. The predicted molar refractivity (Wildman–Crippen MR) is 107 cm³/mol. The van der Waals surface area contributed by atoms with Crippen LogP contribution in [0.2, 0.25) is 0 Å². The van der Waals surface area contributed by atoms with Crippen molar-refractivity contribution in [2.75, 3.05) is 40.4 Å². The SMILES string of the molecule is COc1ccc(C(=O)N2CCCN(C(=O)Cc3cccc(F)c3)CC2)cc1OC. The standard InChI is InChI=1S/C22H25FN2O4/c1-28-19-8-7-17(15-20(19)29-2)22(27)25-10-4-9-24(11-12-25)21(26)14-16-5-3-6-18(23)13-16/h3,5-8,13,15H,4,9-12,14H2,1-2H3. The van der Waals surface area contributed by atoms with E-state index in [0.717, 1.165) is 0 Å². The van der Waals surface area contributed by atoms with Crippen molar-refractivity contribution in [3.05, 3.63) is 59.4 Å². The van der Waals surface area contributed by atoms with Gasteiger partial charge in [-0.3, -0.25) is 9.59 Å². The maximum atomic E-state index is 13.3. The lowest BCUT2D eigenvalue weighted by molar-refractivity contribution is -0.130. The lowest BCUT2D eigenvalue weighted by atomic mass is 10.1. The number of methoxy groups -OCH3 is 2. The van der Waals surface area contributed by atoms with Crippen LogP contribution in [-0.4, -0.2) is 62.0 Å². The Kier molecular flexibility index (Phi) is 6.69. The van der Waals surface area contributed by atoms with Crippen LogP contribution in [0.15, 0.2) is 42.5 Å². The first-order valence-corrected chi connectivity index (χ1v) is 9.55. The summed E-state index contributed by atoms with van der Waals surface area (Å²) in [7, 11) is 3.07. The van der Waals surface area contributed by atoms with Gasteiger partial charge in [0.05, 0.1) is 20.6 Å². The van der Waals surface area contributed by atoms with Crippen LogP contribution in [0.5, 0.6) is 11.5 Å². The number of rotatable bonds is 5. The molecular weight excluding hydrogens is 375 g/mol. The second-order valence-electron chi connectivity index (χ2n) is 6.90. The zero-order valence-electron chi connectivity index (χ0n) is 16.7. The number of hydrogen-bond donors (Lipinski definition) is 0. The van der Waals surface area contributed by atoms with Gasteiger partial charge in [0.1, 0.15) is 5.82 Å². The van der Waals surface area contributed by atoms with E-state index in [2.05, 4.69) is 0 Å². The summed E-state index contributed by atoms with van der Waals surface area (Å²) in [6.07, 6.45) is 0.843. The second-order valence-corrected chi connectivity index (χ2v) is 6.90. The molecule has 3 rings (SSSR count). The van der Waals surface area contributed by atoms with Crippen molar-refractivity contribution in [2.24, 2.45) is 0 Å². The number of ether oxygens (including phenoxy) is 2. The van der Waals surface area contributed by atoms with E-state index in [1.165, 1.54) is 19.2 Å². The monoisotopic (exact) mass is 400 g/mol. The van der Waals surface area contributed by atoms with Gasteiger partial charge in [0.15, 0.2) is 11.5 Å². The van der Waals surface area contributed by atoms with Crippen molar-refractivity contribution in [1.29, 1.82) is 0 Å². The molecule has 29 heavy (non-hydrogen) atoms. The summed E-state index contributed by atoms with van der Waals surface area (Å²) < 4.78 is 23.8. The van der Waals surface area contributed by atoms with Gasteiger partial charge in [-0.2, -0.15) is 0 Å². The van der Waals surface area contributed by atoms with Gasteiger partial charge in [0.25, 0.3) is 5.91 Å². The summed E-state index contributed by atoms with van der Waals surface area (Å²) >= 11 is 0. The van der Waals surface area contributed by atoms with E-state index in [1.807, 2.05) is 0 Å². The molecule has 0 aromatic heterocycles. The number of nitrogens with zero attached hydrogens (tertiary/aromatic N) is 2. The first-order valence-electron chi connectivity index (χ1n) is 9.55. The van der Waals surface area contributed by atoms with Gasteiger partial charge in [-0.05, 0) is 42.3 Å². The topological polar surface area (TPSA) is 59.1 Å². The Bertz CT molecular complexity index is 887. The molecule has 2 aromatic rings. The van der Waals surface area contributed by atoms with E-state index in [-0.39, 0.29) is 24.1 Å². The molecule has 1 aliphatic rings. The smallest absolute Gasteiger partial charge is 0.254 e. The molecule has 1 fully saturated rings. The molecule has 0 N–H and O–H groups in total. The maximum Gasteiger partial charge on any atom is 0.254 e. The molecule has 2 amide bonds. The van der Waals surface area contributed by atoms with E-state index < -0.39 is 0 Å². The third-order valence-electron chi connectivity index (χ3n) is 5.01. The molecule has 1 aliphatic heterocycles. The Balaban J connectivity index is 1.63. The largest absolute Gasteiger partial charge is 0.493 e. The Morgan fingerprint density at radius 1 is 0.931 bits per heavy atom. The molecule has 0 saturated carbocycles. The Morgan fingerprint density at radius 3 is 2.38 bits per heavy atom. The third-order valence-corrected chi connectivity index (χ3v) is 5.01. The lowest BCUT2D eigenvalue weighted by Crippen LogP contribution is -2.38. The Morgan fingerprint density at radius 2 is 1.66 bits per heavy atom. The first kappa shape index (κ1) is 20.6. The average molecular weight is 400 g/mol. The quantitative estimate of drug-likeness (QED) is 0.775. The minimum Gasteiger partial charge on any atom is -0.493 e. The summed E-state index contributed by atoms with van der Waals surface area (Å²) in [5.41, 5.74) is 1.17. The van der Waals surface area contributed by atoms with Gasteiger partial charge in [0.2, 0.25) is 5.91 Å². The van der Waals surface area contributed by atoms with E-state index in [9.17, 15) is 14.0 Å². The van der Waals surface area contributed by atoms with Crippen LogP contribution in [0.4, 0.5) is 4.39 Å². The summed E-state index contributed by atoms with van der Waals surface area (Å²) in [5.74, 6) is 0.549. The summed E-state index contributed by atoms with van der Waals surface area (Å²) in [5, 5.41) is 0. The molecule has 0 spiro atoms. The highest BCUT2D eigenvalue weighted by Gasteiger charge is 2.23. The van der Waals surface area contributed by atoms with E-state index in [0.29, 0.717) is 55.2 Å². The Labute approximate surface area is 169 Å². The molecular formula is C22H25FN2O4. The van der Waals surface area contributed by atoms with Crippen LogP contribution in [-0.2, 0) is 11.2 Å². The van der Waals surface area contributed by atoms with Crippen molar-refractivity contribution >= 4 is 11.8 Å². The van der Waals surface area contributed by atoms with Gasteiger partial charge in [-0.15, -0.1) is 0 Å². The highest BCUT2D eigenvalue weighted by Crippen LogP contribution is 2.28. The van der Waals surface area contributed by atoms with Crippen molar-refractivity contribution in [2.45, 2.75) is 12.8 Å². The minimum atomic E-state index is -0.349. The molecule has 1 saturated heterocycles. The van der Waals surface area contributed by atoms with Gasteiger partial charge in [-0.1, -0.05) is 12.1 Å². The molecule has 154 valence electrons. The number of amides is 2. The summed E-state index contributed by atoms with van der Waals surface area (Å²) in [6.45, 7) is 2.04. The zero-order valence-corrected chi connectivity index (χ0v) is 16.7. The maximum absolute atomic E-state index is 13.3. The van der Waals surface area contributed by atoms with Gasteiger partial charge in [0, 0.05) is 31.7 Å². The summed E-state index contributed by atoms with van der Waals surface area (Å²) in [6, 6.07) is 11.2. The number of hydrogen-bond acceptors (Lipinski definition) is 4. The van der Waals surface area contributed by atoms with Crippen LogP contribution in [0, 0.1) is 5.82 Å². The van der Waals surface area contributed by atoms with Crippen molar-refractivity contribution in [3.8, 4) is 11.5 Å². The number of benzene rings is 2. The zero-order chi connectivity index (χ0) is 20.8. The van der Waals surface area contributed by atoms with Crippen molar-refractivity contribution in [1.82, 2.24) is 9.80 Å². The fraction of sp³-hybridized carbons (Fsp3) is 0.364. The fourth-order valence-corrected chi connectivity index (χ4v) is 3.46. The van der Waals surface area contributed by atoms with Crippen LogP contribution < -0.4 is 9.47 Å². The molecule has 6 nitrogen and oxygen atoms in total. The number of carbonyl (C=O) groups is 2. The molecule has 7 heteroatoms. The molecule has 0 radical (unpaired) electrons. The van der Waals surface area contributed by atoms with Gasteiger partial charge >= 0.3 is 0 Å². The molecule has 1 heterocycles. The average Bonchev–Trinajstić information content (AvgIpc) is 2.99. The fourth-order valence-electron chi connectivity index (χ4n) is 3.46. The van der Waals surface area contributed by atoms with Crippen molar-refractivity contribution in [3.63, 3.8) is 0 Å². The predicted octanol–water partition coefficient (Wildman–Crippen LogP) is 2.76. The highest BCUT2D eigenvalue weighted by atomic mass is 19.1. The number of halogens is 1. The second kappa shape index (κ2) is 9.41. The third kappa shape index (κ3) is 5.04. The normalized spacial score (nSPS) is 14.3. The van der Waals surface area contributed by atoms with E-state index >= 15 is 0 Å². The van der Waals surface area contributed by atoms with E-state index in [1.54, 1.807) is 47.2 Å². The molecule has 0 atom stereocenters. The molecule has 0 aliphatic carbocycles. The lowest BCUT2D eigenvalue weighted by Gasteiger charge is -2.22. The first-order chi connectivity index (χ1) is 14.0. The Hall–Kier alpha value is -3.09. The van der Waals surface area contributed by atoms with Crippen LogP contribution in [0.3, 0.4) is 0 Å². The van der Waals surface area contributed by atoms with Crippen LogP contribution in [0.1, 0.15) is 22.3 Å². The van der Waals surface area contributed by atoms with E-state index in [4.69, 9.17) is 9.47 Å².